The maximum absolute atomic E-state index is 12.9. The van der Waals surface area contributed by atoms with Gasteiger partial charge in [-0.05, 0) is 79.7 Å². The second-order valence-electron chi connectivity index (χ2n) is 8.51. The first-order valence-corrected chi connectivity index (χ1v) is 12.2. The van der Waals surface area contributed by atoms with Crippen LogP contribution in [0.25, 0.3) is 0 Å². The van der Waals surface area contributed by atoms with Gasteiger partial charge in [0.15, 0.2) is 5.11 Å². The van der Waals surface area contributed by atoms with Crippen LogP contribution in [0, 0.1) is 13.8 Å². The van der Waals surface area contributed by atoms with Crippen molar-refractivity contribution in [1.29, 1.82) is 0 Å². The van der Waals surface area contributed by atoms with Crippen LogP contribution < -0.4 is 15.5 Å². The van der Waals surface area contributed by atoms with E-state index in [-0.39, 0.29) is 16.9 Å². The van der Waals surface area contributed by atoms with Crippen molar-refractivity contribution in [3.8, 4) is 0 Å². The van der Waals surface area contributed by atoms with Crippen molar-refractivity contribution in [1.82, 2.24) is 10.2 Å². The van der Waals surface area contributed by atoms with E-state index in [1.807, 2.05) is 67.3 Å². The first kappa shape index (κ1) is 24.7. The fourth-order valence-corrected chi connectivity index (χ4v) is 4.37. The summed E-state index contributed by atoms with van der Waals surface area (Å²) in [6.45, 7) is 6.72. The molecule has 1 fully saturated rings. The van der Waals surface area contributed by atoms with Crippen molar-refractivity contribution in [2.75, 3.05) is 36.4 Å². The first-order chi connectivity index (χ1) is 16.8. The molecule has 0 bridgehead atoms. The zero-order valence-electron chi connectivity index (χ0n) is 19.7. The number of carbonyl (C=O) groups excluding carboxylic acids is 2. The van der Waals surface area contributed by atoms with Crippen molar-refractivity contribution in [3.05, 3.63) is 94.0 Å². The fourth-order valence-electron chi connectivity index (χ4n) is 3.98. The summed E-state index contributed by atoms with van der Waals surface area (Å²) in [5.41, 5.74) is 4.96. The average molecular weight is 507 g/mol. The number of rotatable bonds is 4. The minimum Gasteiger partial charge on any atom is -0.368 e. The van der Waals surface area contributed by atoms with E-state index in [9.17, 15) is 9.59 Å². The van der Waals surface area contributed by atoms with Gasteiger partial charge in [-0.2, -0.15) is 0 Å². The Morgan fingerprint density at radius 3 is 2.23 bits per heavy atom. The number of thiocarbonyl (C=S) groups is 1. The van der Waals surface area contributed by atoms with Gasteiger partial charge in [0.1, 0.15) is 0 Å². The average Bonchev–Trinajstić information content (AvgIpc) is 2.86. The van der Waals surface area contributed by atoms with Gasteiger partial charge in [0.2, 0.25) is 0 Å². The Labute approximate surface area is 215 Å². The molecular formula is C27H27ClN4O2S. The summed E-state index contributed by atoms with van der Waals surface area (Å²) in [4.78, 5) is 29.5. The highest BCUT2D eigenvalue weighted by molar-refractivity contribution is 7.80. The molecule has 2 amide bonds. The molecule has 0 atom stereocenters. The summed E-state index contributed by atoms with van der Waals surface area (Å²) < 4.78 is 0. The lowest BCUT2D eigenvalue weighted by molar-refractivity contribution is 0.0746. The number of halogens is 1. The molecule has 1 heterocycles. The Hall–Kier alpha value is -3.42. The molecule has 0 radical (unpaired) electrons. The highest BCUT2D eigenvalue weighted by Crippen LogP contribution is 2.21. The van der Waals surface area contributed by atoms with Gasteiger partial charge in [-0.1, -0.05) is 35.9 Å². The number of aryl methyl sites for hydroxylation is 2. The lowest BCUT2D eigenvalue weighted by Gasteiger charge is -2.36. The van der Waals surface area contributed by atoms with Crippen molar-refractivity contribution < 1.29 is 9.59 Å². The van der Waals surface area contributed by atoms with Crippen molar-refractivity contribution in [2.45, 2.75) is 13.8 Å². The zero-order valence-corrected chi connectivity index (χ0v) is 21.2. The Morgan fingerprint density at radius 2 is 1.57 bits per heavy atom. The molecule has 0 saturated carbocycles. The molecule has 4 rings (SSSR count). The van der Waals surface area contributed by atoms with Gasteiger partial charge < -0.3 is 15.1 Å². The van der Waals surface area contributed by atoms with E-state index in [0.29, 0.717) is 23.7 Å². The van der Waals surface area contributed by atoms with Crippen molar-refractivity contribution >= 4 is 52.1 Å². The van der Waals surface area contributed by atoms with E-state index in [1.54, 1.807) is 18.2 Å². The molecule has 2 N–H and O–H groups in total. The number of hydrogen-bond acceptors (Lipinski definition) is 4. The van der Waals surface area contributed by atoms with E-state index < -0.39 is 0 Å². The molecule has 0 aromatic heterocycles. The molecule has 8 heteroatoms. The fraction of sp³-hybridized carbons (Fsp3) is 0.222. The predicted molar refractivity (Wildman–Crippen MR) is 146 cm³/mol. The molecule has 1 aliphatic heterocycles. The second kappa shape index (κ2) is 10.9. The molecule has 0 spiro atoms. The zero-order chi connectivity index (χ0) is 24.9. The molecule has 35 heavy (non-hydrogen) atoms. The first-order valence-electron chi connectivity index (χ1n) is 11.4. The number of anilines is 2. The summed E-state index contributed by atoms with van der Waals surface area (Å²) >= 11 is 11.4. The highest BCUT2D eigenvalue weighted by Gasteiger charge is 2.23. The third kappa shape index (κ3) is 5.99. The number of nitrogens with one attached hydrogen (secondary N) is 2. The van der Waals surface area contributed by atoms with Crippen LogP contribution in [0.15, 0.2) is 66.7 Å². The van der Waals surface area contributed by atoms with Crippen LogP contribution >= 0.6 is 23.8 Å². The lowest BCUT2D eigenvalue weighted by Crippen LogP contribution is -2.48. The number of hydrogen-bond donors (Lipinski definition) is 2. The Balaban J connectivity index is 1.29. The summed E-state index contributed by atoms with van der Waals surface area (Å²) in [5, 5.41) is 6.46. The maximum atomic E-state index is 12.9. The van der Waals surface area contributed by atoms with E-state index in [0.717, 1.165) is 41.2 Å². The SMILES string of the molecule is Cc1ccc(C(=O)NC(=S)Nc2ccc(N3CCN(C(=O)c4ccccc4C)CC3)cc2)cc1Cl. The molecule has 0 aliphatic carbocycles. The molecule has 6 nitrogen and oxygen atoms in total. The van der Waals surface area contributed by atoms with Crippen LogP contribution in [-0.4, -0.2) is 48.0 Å². The number of amides is 2. The van der Waals surface area contributed by atoms with E-state index in [2.05, 4.69) is 15.5 Å². The Bertz CT molecular complexity index is 1250. The monoisotopic (exact) mass is 506 g/mol. The normalized spacial score (nSPS) is 13.3. The molecular weight excluding hydrogens is 480 g/mol. The molecule has 1 saturated heterocycles. The number of benzene rings is 3. The van der Waals surface area contributed by atoms with Crippen molar-refractivity contribution in [2.24, 2.45) is 0 Å². The summed E-state index contributed by atoms with van der Waals surface area (Å²) in [6, 6.07) is 20.7. The Morgan fingerprint density at radius 1 is 0.886 bits per heavy atom. The van der Waals surface area contributed by atoms with Crippen LogP contribution in [0.4, 0.5) is 11.4 Å². The van der Waals surface area contributed by atoms with Crippen LogP contribution in [0.1, 0.15) is 31.8 Å². The molecule has 3 aromatic carbocycles. The van der Waals surface area contributed by atoms with E-state index in [1.165, 1.54) is 0 Å². The second-order valence-corrected chi connectivity index (χ2v) is 9.33. The topological polar surface area (TPSA) is 64.7 Å². The maximum Gasteiger partial charge on any atom is 0.257 e. The van der Waals surface area contributed by atoms with Gasteiger partial charge in [-0.15, -0.1) is 0 Å². The predicted octanol–water partition coefficient (Wildman–Crippen LogP) is 5.05. The van der Waals surface area contributed by atoms with E-state index in [4.69, 9.17) is 23.8 Å². The highest BCUT2D eigenvalue weighted by atomic mass is 35.5. The molecule has 0 unspecified atom stereocenters. The summed E-state index contributed by atoms with van der Waals surface area (Å²) in [6.07, 6.45) is 0. The quantitative estimate of drug-likeness (QED) is 0.485. The summed E-state index contributed by atoms with van der Waals surface area (Å²) in [7, 11) is 0. The van der Waals surface area contributed by atoms with Crippen LogP contribution in [0.5, 0.6) is 0 Å². The molecule has 180 valence electrons. The minimum absolute atomic E-state index is 0.0887. The Kier molecular flexibility index (Phi) is 7.68. The van der Waals surface area contributed by atoms with Crippen molar-refractivity contribution in [3.63, 3.8) is 0 Å². The number of nitrogens with zero attached hydrogens (tertiary/aromatic N) is 2. The molecule has 1 aliphatic rings. The summed E-state index contributed by atoms with van der Waals surface area (Å²) in [5.74, 6) is -0.232. The number of carbonyl (C=O) groups is 2. The van der Waals surface area contributed by atoms with Gasteiger partial charge in [-0.25, -0.2) is 0 Å². The number of piperazine rings is 1. The van der Waals surface area contributed by atoms with E-state index >= 15 is 0 Å². The van der Waals surface area contributed by atoms with Crippen LogP contribution in [-0.2, 0) is 0 Å². The largest absolute Gasteiger partial charge is 0.368 e. The standard InChI is InChI=1S/C27H27ClN4O2S/c1-18-5-3-4-6-23(18)26(34)32-15-13-31(14-16-32)22-11-9-21(10-12-22)29-27(35)30-25(33)20-8-7-19(2)24(28)17-20/h3-12,17H,13-16H2,1-2H3,(H2,29,30,33,35). The van der Waals surface area contributed by atoms with Gasteiger partial charge in [-0.3, -0.25) is 14.9 Å². The van der Waals surface area contributed by atoms with Gasteiger partial charge >= 0.3 is 0 Å². The third-order valence-corrected chi connectivity index (χ3v) is 6.71. The molecule has 3 aromatic rings. The minimum atomic E-state index is -0.320. The third-order valence-electron chi connectivity index (χ3n) is 6.09. The van der Waals surface area contributed by atoms with Gasteiger partial charge in [0, 0.05) is 53.7 Å². The van der Waals surface area contributed by atoms with Gasteiger partial charge in [0.25, 0.3) is 11.8 Å². The van der Waals surface area contributed by atoms with Gasteiger partial charge in [0.05, 0.1) is 0 Å². The van der Waals surface area contributed by atoms with Crippen LogP contribution in [0.2, 0.25) is 5.02 Å². The smallest absolute Gasteiger partial charge is 0.257 e. The van der Waals surface area contributed by atoms with Crippen LogP contribution in [0.3, 0.4) is 0 Å². The lowest BCUT2D eigenvalue weighted by atomic mass is 10.1.